The Bertz CT molecular complexity index is 265. The van der Waals surface area contributed by atoms with Crippen LogP contribution in [-0.2, 0) is 14.8 Å². The van der Waals surface area contributed by atoms with Crippen LogP contribution in [0, 0.1) is 0 Å². The monoisotopic (exact) mass is 223 g/mol. The van der Waals surface area contributed by atoms with E-state index in [0.29, 0.717) is 13.1 Å². The molecule has 84 valence electrons. The number of aliphatic hydroxyl groups excluding tert-OH is 1. The molecule has 0 saturated carbocycles. The predicted octanol–water partition coefficient (Wildman–Crippen LogP) is -0.581. The number of methoxy groups -OCH3 is 1. The minimum absolute atomic E-state index is 0.00258. The lowest BCUT2D eigenvalue weighted by molar-refractivity contribution is 0.0570. The lowest BCUT2D eigenvalue weighted by Crippen LogP contribution is -2.44. The van der Waals surface area contributed by atoms with Crippen LogP contribution in [0.5, 0.6) is 0 Å². The summed E-state index contributed by atoms with van der Waals surface area (Å²) < 4.78 is 29.6. The summed E-state index contributed by atoms with van der Waals surface area (Å²) in [5, 5.41) is 8.62. The van der Waals surface area contributed by atoms with Crippen LogP contribution in [0.3, 0.4) is 0 Å². The van der Waals surface area contributed by atoms with Crippen molar-refractivity contribution in [1.82, 2.24) is 4.31 Å². The Labute approximate surface area is 84.7 Å². The first-order valence-corrected chi connectivity index (χ1v) is 6.32. The van der Waals surface area contributed by atoms with Crippen molar-refractivity contribution in [2.75, 3.05) is 32.6 Å². The average molecular weight is 223 g/mol. The number of nitrogens with zero attached hydrogens (tertiary/aromatic N) is 1. The van der Waals surface area contributed by atoms with Gasteiger partial charge in [-0.3, -0.25) is 0 Å². The summed E-state index contributed by atoms with van der Waals surface area (Å²) in [6.45, 7) is 0.636. The molecule has 1 rings (SSSR count). The zero-order chi connectivity index (χ0) is 10.6. The fraction of sp³-hybridized carbons (Fsp3) is 1.00. The second kappa shape index (κ2) is 5.06. The Morgan fingerprint density at radius 3 is 2.86 bits per heavy atom. The third-order valence-electron chi connectivity index (χ3n) is 2.42. The van der Waals surface area contributed by atoms with Gasteiger partial charge in [-0.15, -0.1) is 0 Å². The fourth-order valence-corrected chi connectivity index (χ4v) is 2.88. The third-order valence-corrected chi connectivity index (χ3v) is 4.23. The van der Waals surface area contributed by atoms with E-state index in [1.165, 1.54) is 4.31 Å². The van der Waals surface area contributed by atoms with Crippen molar-refractivity contribution in [3.05, 3.63) is 0 Å². The van der Waals surface area contributed by atoms with E-state index in [0.717, 1.165) is 12.8 Å². The van der Waals surface area contributed by atoms with Crippen molar-refractivity contribution in [3.63, 3.8) is 0 Å². The molecule has 1 aliphatic rings. The van der Waals surface area contributed by atoms with Crippen LogP contribution < -0.4 is 0 Å². The van der Waals surface area contributed by atoms with Crippen LogP contribution in [-0.4, -0.2) is 56.5 Å². The maximum atomic E-state index is 11.6. The first-order valence-electron chi connectivity index (χ1n) is 4.71. The van der Waals surface area contributed by atoms with Crippen molar-refractivity contribution >= 4 is 10.0 Å². The summed E-state index contributed by atoms with van der Waals surface area (Å²) in [6, 6.07) is 0. The van der Waals surface area contributed by atoms with Crippen LogP contribution in [0.2, 0.25) is 0 Å². The molecular formula is C8H17NO4S. The molecule has 1 aliphatic heterocycles. The third kappa shape index (κ3) is 2.91. The molecule has 14 heavy (non-hydrogen) atoms. The minimum atomic E-state index is -3.27. The SMILES string of the molecule is COC1CCCN(S(=O)(=O)CCO)C1. The molecule has 0 aliphatic carbocycles. The summed E-state index contributed by atoms with van der Waals surface area (Å²) in [5.74, 6) is -0.191. The highest BCUT2D eigenvalue weighted by atomic mass is 32.2. The van der Waals surface area contributed by atoms with Gasteiger partial charge in [-0.1, -0.05) is 0 Å². The van der Waals surface area contributed by atoms with Gasteiger partial charge < -0.3 is 9.84 Å². The van der Waals surface area contributed by atoms with Gasteiger partial charge in [0.05, 0.1) is 18.5 Å². The van der Waals surface area contributed by atoms with Gasteiger partial charge in [-0.2, -0.15) is 4.31 Å². The van der Waals surface area contributed by atoms with Gasteiger partial charge in [0.25, 0.3) is 0 Å². The van der Waals surface area contributed by atoms with Crippen LogP contribution in [0.4, 0.5) is 0 Å². The number of ether oxygens (including phenoxy) is 1. The highest BCUT2D eigenvalue weighted by molar-refractivity contribution is 7.89. The maximum absolute atomic E-state index is 11.6. The Balaban J connectivity index is 2.59. The molecule has 1 saturated heterocycles. The van der Waals surface area contributed by atoms with Crippen molar-refractivity contribution in [2.24, 2.45) is 0 Å². The molecule has 0 aromatic heterocycles. The molecule has 0 bridgehead atoms. The zero-order valence-corrected chi connectivity index (χ0v) is 9.16. The van der Waals surface area contributed by atoms with Gasteiger partial charge in [0.1, 0.15) is 0 Å². The summed E-state index contributed by atoms with van der Waals surface area (Å²) in [7, 11) is -1.68. The van der Waals surface area contributed by atoms with Gasteiger partial charge in [0, 0.05) is 20.2 Å². The minimum Gasteiger partial charge on any atom is -0.395 e. The highest BCUT2D eigenvalue weighted by Crippen LogP contribution is 2.15. The summed E-state index contributed by atoms with van der Waals surface area (Å²) in [6.07, 6.45) is 1.72. The van der Waals surface area contributed by atoms with Gasteiger partial charge in [0.15, 0.2) is 0 Å². The van der Waals surface area contributed by atoms with E-state index in [4.69, 9.17) is 9.84 Å². The Morgan fingerprint density at radius 2 is 2.29 bits per heavy atom. The van der Waals surface area contributed by atoms with E-state index >= 15 is 0 Å². The molecule has 1 atom stereocenters. The average Bonchev–Trinajstić information content (AvgIpc) is 2.18. The number of piperidine rings is 1. The van der Waals surface area contributed by atoms with Crippen molar-refractivity contribution in [2.45, 2.75) is 18.9 Å². The molecular weight excluding hydrogens is 206 g/mol. The molecule has 0 aromatic carbocycles. The molecule has 1 N–H and O–H groups in total. The Morgan fingerprint density at radius 1 is 1.57 bits per heavy atom. The van der Waals surface area contributed by atoms with Crippen molar-refractivity contribution in [3.8, 4) is 0 Å². The second-order valence-electron chi connectivity index (χ2n) is 3.40. The lowest BCUT2D eigenvalue weighted by Gasteiger charge is -2.30. The quantitative estimate of drug-likeness (QED) is 0.692. The Hall–Kier alpha value is -0.170. The lowest BCUT2D eigenvalue weighted by atomic mass is 10.1. The second-order valence-corrected chi connectivity index (χ2v) is 5.49. The summed E-state index contributed by atoms with van der Waals surface area (Å²) >= 11 is 0. The zero-order valence-electron chi connectivity index (χ0n) is 8.35. The van der Waals surface area contributed by atoms with Crippen LogP contribution in [0.15, 0.2) is 0 Å². The standard InChI is InChI=1S/C8H17NO4S/c1-13-8-3-2-4-9(7-8)14(11,12)6-5-10/h8,10H,2-7H2,1H3. The van der Waals surface area contributed by atoms with Crippen LogP contribution >= 0.6 is 0 Å². The molecule has 1 fully saturated rings. The topological polar surface area (TPSA) is 66.8 Å². The van der Waals surface area contributed by atoms with Gasteiger partial charge >= 0.3 is 0 Å². The molecule has 0 aromatic rings. The number of hydrogen-bond donors (Lipinski definition) is 1. The molecule has 0 amide bonds. The van der Waals surface area contributed by atoms with E-state index in [1.54, 1.807) is 7.11 Å². The number of aliphatic hydroxyl groups is 1. The molecule has 6 heteroatoms. The van der Waals surface area contributed by atoms with E-state index in [2.05, 4.69) is 0 Å². The van der Waals surface area contributed by atoms with Crippen molar-refractivity contribution in [1.29, 1.82) is 0 Å². The highest BCUT2D eigenvalue weighted by Gasteiger charge is 2.28. The number of rotatable bonds is 4. The number of hydrogen-bond acceptors (Lipinski definition) is 4. The first-order chi connectivity index (χ1) is 6.60. The van der Waals surface area contributed by atoms with Gasteiger partial charge in [-0.05, 0) is 12.8 Å². The van der Waals surface area contributed by atoms with Gasteiger partial charge in [-0.25, -0.2) is 8.42 Å². The fourth-order valence-electron chi connectivity index (χ4n) is 1.59. The molecule has 0 radical (unpaired) electrons. The molecule has 1 heterocycles. The smallest absolute Gasteiger partial charge is 0.216 e. The summed E-state index contributed by atoms with van der Waals surface area (Å²) in [5.41, 5.74) is 0. The first kappa shape index (κ1) is 11.9. The molecule has 1 unspecified atom stereocenters. The van der Waals surface area contributed by atoms with Crippen LogP contribution in [0.25, 0.3) is 0 Å². The van der Waals surface area contributed by atoms with Crippen molar-refractivity contribution < 1.29 is 18.3 Å². The Kier molecular flexibility index (Phi) is 4.31. The largest absolute Gasteiger partial charge is 0.395 e. The summed E-state index contributed by atoms with van der Waals surface area (Å²) in [4.78, 5) is 0. The normalized spacial score (nSPS) is 25.1. The van der Waals surface area contributed by atoms with Gasteiger partial charge in [0.2, 0.25) is 10.0 Å². The van der Waals surface area contributed by atoms with E-state index < -0.39 is 10.0 Å². The van der Waals surface area contributed by atoms with E-state index in [9.17, 15) is 8.42 Å². The maximum Gasteiger partial charge on any atom is 0.216 e. The van der Waals surface area contributed by atoms with E-state index in [1.807, 2.05) is 0 Å². The molecule has 0 spiro atoms. The molecule has 5 nitrogen and oxygen atoms in total. The van der Waals surface area contributed by atoms with Crippen LogP contribution in [0.1, 0.15) is 12.8 Å². The predicted molar refractivity (Wildman–Crippen MR) is 52.5 cm³/mol. The van der Waals surface area contributed by atoms with E-state index in [-0.39, 0.29) is 18.5 Å². The number of sulfonamides is 1.